The van der Waals surface area contributed by atoms with E-state index in [4.69, 9.17) is 5.26 Å². The van der Waals surface area contributed by atoms with E-state index in [0.29, 0.717) is 22.6 Å². The summed E-state index contributed by atoms with van der Waals surface area (Å²) in [5.41, 5.74) is 3.67. The van der Waals surface area contributed by atoms with Crippen molar-refractivity contribution in [1.82, 2.24) is 4.98 Å². The fourth-order valence-electron chi connectivity index (χ4n) is 2.26. The number of rotatable bonds is 4. The average Bonchev–Trinajstić information content (AvgIpc) is 2.64. The van der Waals surface area contributed by atoms with E-state index in [9.17, 15) is 4.79 Å². The Morgan fingerprint density at radius 3 is 2.52 bits per heavy atom. The Bertz CT molecular complexity index is 925. The van der Waals surface area contributed by atoms with Gasteiger partial charge < -0.3 is 10.6 Å². The lowest BCUT2D eigenvalue weighted by atomic mass is 10.1. The summed E-state index contributed by atoms with van der Waals surface area (Å²) in [6.07, 6.45) is 1.59. The molecule has 2 N–H and O–H groups in total. The minimum Gasteiger partial charge on any atom is -0.340 e. The van der Waals surface area contributed by atoms with Crippen LogP contribution in [0, 0.1) is 18.3 Å². The highest BCUT2D eigenvalue weighted by Crippen LogP contribution is 2.17. The highest BCUT2D eigenvalue weighted by atomic mass is 16.1. The Hall–Kier alpha value is -3.65. The third kappa shape index (κ3) is 4.21. The van der Waals surface area contributed by atoms with Crippen molar-refractivity contribution in [2.24, 2.45) is 0 Å². The third-order valence-corrected chi connectivity index (χ3v) is 3.60. The van der Waals surface area contributed by atoms with E-state index in [1.807, 2.05) is 25.1 Å². The van der Waals surface area contributed by atoms with E-state index in [0.717, 1.165) is 11.3 Å². The number of anilines is 3. The molecular weight excluding hydrogens is 312 g/mol. The van der Waals surface area contributed by atoms with E-state index in [2.05, 4.69) is 21.7 Å². The quantitative estimate of drug-likeness (QED) is 0.750. The monoisotopic (exact) mass is 328 g/mol. The molecule has 1 amide bonds. The van der Waals surface area contributed by atoms with E-state index in [1.165, 1.54) is 0 Å². The van der Waals surface area contributed by atoms with Crippen LogP contribution in [0.25, 0.3) is 0 Å². The lowest BCUT2D eigenvalue weighted by molar-refractivity contribution is 0.102. The van der Waals surface area contributed by atoms with Crippen LogP contribution in [0.15, 0.2) is 66.9 Å². The van der Waals surface area contributed by atoms with E-state index in [-0.39, 0.29) is 5.91 Å². The Morgan fingerprint density at radius 1 is 1.04 bits per heavy atom. The Labute approximate surface area is 146 Å². The molecule has 3 rings (SSSR count). The van der Waals surface area contributed by atoms with Crippen LogP contribution in [0.4, 0.5) is 17.2 Å². The first kappa shape index (κ1) is 16.2. The molecule has 0 aliphatic heterocycles. The minimum atomic E-state index is -0.177. The fraction of sp³-hybridized carbons (Fsp3) is 0.0500. The van der Waals surface area contributed by atoms with Gasteiger partial charge in [0.25, 0.3) is 5.91 Å². The van der Waals surface area contributed by atoms with Gasteiger partial charge in [0.15, 0.2) is 0 Å². The molecule has 25 heavy (non-hydrogen) atoms. The van der Waals surface area contributed by atoms with E-state index < -0.39 is 0 Å². The van der Waals surface area contributed by atoms with Crippen molar-refractivity contribution in [2.45, 2.75) is 6.92 Å². The van der Waals surface area contributed by atoms with Gasteiger partial charge in [-0.3, -0.25) is 4.79 Å². The topological polar surface area (TPSA) is 77.8 Å². The SMILES string of the molecule is Cc1ccc(C(=O)Nc2ccc(Nc3cccc(C#N)c3)nc2)cc1. The number of carbonyl (C=O) groups excluding carboxylic acids is 1. The lowest BCUT2D eigenvalue weighted by Gasteiger charge is -2.08. The normalized spacial score (nSPS) is 9.92. The van der Waals surface area contributed by atoms with Crippen LogP contribution in [0.1, 0.15) is 21.5 Å². The summed E-state index contributed by atoms with van der Waals surface area (Å²) < 4.78 is 0. The van der Waals surface area contributed by atoms with Crippen LogP contribution >= 0.6 is 0 Å². The van der Waals surface area contributed by atoms with Gasteiger partial charge >= 0.3 is 0 Å². The largest absolute Gasteiger partial charge is 0.340 e. The molecule has 0 saturated carbocycles. The first-order valence-electron chi connectivity index (χ1n) is 7.75. The first-order chi connectivity index (χ1) is 12.1. The summed E-state index contributed by atoms with van der Waals surface area (Å²) in [4.78, 5) is 16.5. The summed E-state index contributed by atoms with van der Waals surface area (Å²) in [5.74, 6) is 0.452. The van der Waals surface area contributed by atoms with Crippen molar-refractivity contribution in [3.05, 3.63) is 83.6 Å². The van der Waals surface area contributed by atoms with Crippen molar-refractivity contribution in [2.75, 3.05) is 10.6 Å². The number of carbonyl (C=O) groups is 1. The molecule has 0 saturated heterocycles. The molecule has 0 atom stereocenters. The molecule has 0 bridgehead atoms. The second-order valence-electron chi connectivity index (χ2n) is 5.57. The second kappa shape index (κ2) is 7.28. The third-order valence-electron chi connectivity index (χ3n) is 3.60. The van der Waals surface area contributed by atoms with Gasteiger partial charge in [0.2, 0.25) is 0 Å². The summed E-state index contributed by atoms with van der Waals surface area (Å²) in [6, 6.07) is 20.2. The van der Waals surface area contributed by atoms with Crippen molar-refractivity contribution >= 4 is 23.1 Å². The number of nitrogens with one attached hydrogen (secondary N) is 2. The first-order valence-corrected chi connectivity index (χ1v) is 7.75. The molecule has 3 aromatic rings. The molecule has 5 heteroatoms. The molecule has 0 spiro atoms. The molecule has 0 fully saturated rings. The lowest BCUT2D eigenvalue weighted by Crippen LogP contribution is -2.12. The molecular formula is C20H16N4O. The Balaban J connectivity index is 1.66. The van der Waals surface area contributed by atoms with Gasteiger partial charge in [-0.1, -0.05) is 23.8 Å². The van der Waals surface area contributed by atoms with Gasteiger partial charge in [0.1, 0.15) is 5.82 Å². The van der Waals surface area contributed by atoms with Gasteiger partial charge in [0, 0.05) is 11.3 Å². The van der Waals surface area contributed by atoms with Crippen LogP contribution in [0.3, 0.4) is 0 Å². The van der Waals surface area contributed by atoms with Gasteiger partial charge in [-0.05, 0) is 49.4 Å². The minimum absolute atomic E-state index is 0.177. The number of benzene rings is 2. The molecule has 5 nitrogen and oxygen atoms in total. The number of nitriles is 1. The average molecular weight is 328 g/mol. The number of pyridine rings is 1. The van der Waals surface area contributed by atoms with Gasteiger partial charge in [-0.2, -0.15) is 5.26 Å². The zero-order valence-corrected chi connectivity index (χ0v) is 13.7. The zero-order valence-electron chi connectivity index (χ0n) is 13.7. The van der Waals surface area contributed by atoms with E-state index in [1.54, 1.807) is 48.7 Å². The molecule has 2 aromatic carbocycles. The van der Waals surface area contributed by atoms with Gasteiger partial charge in [0.05, 0.1) is 23.5 Å². The van der Waals surface area contributed by atoms with Crippen LogP contribution in [-0.4, -0.2) is 10.9 Å². The number of amides is 1. The van der Waals surface area contributed by atoms with E-state index >= 15 is 0 Å². The van der Waals surface area contributed by atoms with Crippen LogP contribution < -0.4 is 10.6 Å². The molecule has 122 valence electrons. The molecule has 0 aliphatic rings. The molecule has 1 heterocycles. The van der Waals surface area contributed by atoms with Crippen LogP contribution in [-0.2, 0) is 0 Å². The summed E-state index contributed by atoms with van der Waals surface area (Å²) in [6.45, 7) is 1.98. The standard InChI is InChI=1S/C20H16N4O/c1-14-5-7-16(8-6-14)20(25)24-18-9-10-19(22-13-18)23-17-4-2-3-15(11-17)12-21/h2-11,13H,1H3,(H,22,23)(H,24,25). The van der Waals surface area contributed by atoms with Crippen molar-refractivity contribution in [3.8, 4) is 6.07 Å². The zero-order chi connectivity index (χ0) is 17.6. The van der Waals surface area contributed by atoms with Crippen LogP contribution in [0.2, 0.25) is 0 Å². The fourth-order valence-corrected chi connectivity index (χ4v) is 2.26. The number of hydrogen-bond acceptors (Lipinski definition) is 4. The number of aryl methyl sites for hydroxylation is 1. The molecule has 0 radical (unpaired) electrons. The predicted molar refractivity (Wildman–Crippen MR) is 97.8 cm³/mol. The summed E-state index contributed by atoms with van der Waals surface area (Å²) in [5, 5.41) is 14.9. The maximum absolute atomic E-state index is 12.2. The predicted octanol–water partition coefficient (Wildman–Crippen LogP) is 4.26. The van der Waals surface area contributed by atoms with Crippen molar-refractivity contribution in [1.29, 1.82) is 5.26 Å². The second-order valence-corrected chi connectivity index (χ2v) is 5.57. The smallest absolute Gasteiger partial charge is 0.255 e. The van der Waals surface area contributed by atoms with Crippen LogP contribution in [0.5, 0.6) is 0 Å². The maximum atomic E-state index is 12.2. The van der Waals surface area contributed by atoms with Gasteiger partial charge in [-0.25, -0.2) is 4.98 Å². The number of hydrogen-bond donors (Lipinski definition) is 2. The Morgan fingerprint density at radius 2 is 1.84 bits per heavy atom. The summed E-state index contributed by atoms with van der Waals surface area (Å²) >= 11 is 0. The highest BCUT2D eigenvalue weighted by Gasteiger charge is 2.06. The number of nitrogens with zero attached hydrogens (tertiary/aromatic N) is 2. The Kier molecular flexibility index (Phi) is 4.72. The highest BCUT2D eigenvalue weighted by molar-refractivity contribution is 6.04. The summed E-state index contributed by atoms with van der Waals surface area (Å²) in [7, 11) is 0. The van der Waals surface area contributed by atoms with Crippen molar-refractivity contribution in [3.63, 3.8) is 0 Å². The maximum Gasteiger partial charge on any atom is 0.255 e. The van der Waals surface area contributed by atoms with Crippen molar-refractivity contribution < 1.29 is 4.79 Å². The molecule has 0 unspecified atom stereocenters. The van der Waals surface area contributed by atoms with Gasteiger partial charge in [-0.15, -0.1) is 0 Å². The molecule has 1 aromatic heterocycles. The number of aromatic nitrogens is 1. The molecule has 0 aliphatic carbocycles.